The highest BCUT2D eigenvalue weighted by Crippen LogP contribution is 2.27. The normalized spacial score (nSPS) is 18.1. The first-order chi connectivity index (χ1) is 13.1. The Morgan fingerprint density at radius 3 is 2.52 bits per heavy atom. The van der Waals surface area contributed by atoms with Crippen molar-refractivity contribution in [1.29, 1.82) is 0 Å². The van der Waals surface area contributed by atoms with E-state index in [-0.39, 0.29) is 17.9 Å². The summed E-state index contributed by atoms with van der Waals surface area (Å²) >= 11 is 5.88. The Kier molecular flexibility index (Phi) is 5.14. The molecule has 0 atom stereocenters. The summed E-state index contributed by atoms with van der Waals surface area (Å²) in [6.45, 7) is 2.69. The van der Waals surface area contributed by atoms with E-state index < -0.39 is 0 Å². The Morgan fingerprint density at radius 2 is 1.78 bits per heavy atom. The topological polar surface area (TPSA) is 52.7 Å². The fraction of sp³-hybridized carbons (Fsp3) is 0.333. The lowest BCUT2D eigenvalue weighted by Gasteiger charge is -2.40. The van der Waals surface area contributed by atoms with Crippen LogP contribution < -0.4 is 5.32 Å². The molecule has 1 N–H and O–H groups in total. The maximum absolute atomic E-state index is 12.5. The van der Waals surface area contributed by atoms with Crippen molar-refractivity contribution in [2.24, 2.45) is 0 Å². The van der Waals surface area contributed by atoms with Crippen LogP contribution in [0.15, 0.2) is 48.5 Å². The molecule has 2 heterocycles. The minimum absolute atomic E-state index is 0.0237. The molecule has 0 aliphatic carbocycles. The first-order valence-electron chi connectivity index (χ1n) is 9.27. The lowest BCUT2D eigenvalue weighted by molar-refractivity contribution is 0.0854. The van der Waals surface area contributed by atoms with Crippen molar-refractivity contribution in [1.82, 2.24) is 9.80 Å². The molecule has 0 unspecified atom stereocenters. The SMILES string of the molecule is O=C(CN1CCC(N2Cc3ccccc3NC2=O)CC1)c1ccc(Cl)cc1. The van der Waals surface area contributed by atoms with Gasteiger partial charge in [0.25, 0.3) is 0 Å². The number of carbonyl (C=O) groups excluding carboxylic acids is 2. The second-order valence-electron chi connectivity index (χ2n) is 7.15. The molecule has 4 rings (SSSR count). The summed E-state index contributed by atoms with van der Waals surface area (Å²) in [4.78, 5) is 29.0. The molecule has 2 amide bonds. The van der Waals surface area contributed by atoms with Crippen LogP contribution in [0.4, 0.5) is 10.5 Å². The Bertz CT molecular complexity index is 845. The molecule has 2 aliphatic rings. The molecule has 1 fully saturated rings. The Morgan fingerprint density at radius 1 is 1.07 bits per heavy atom. The molecule has 0 saturated carbocycles. The fourth-order valence-corrected chi connectivity index (χ4v) is 3.96. The van der Waals surface area contributed by atoms with E-state index >= 15 is 0 Å². The molecule has 0 aromatic heterocycles. The van der Waals surface area contributed by atoms with Gasteiger partial charge in [0.05, 0.1) is 6.54 Å². The molecule has 1 saturated heterocycles. The van der Waals surface area contributed by atoms with Crippen LogP contribution >= 0.6 is 11.6 Å². The zero-order valence-electron chi connectivity index (χ0n) is 15.0. The van der Waals surface area contributed by atoms with Crippen molar-refractivity contribution < 1.29 is 9.59 Å². The van der Waals surface area contributed by atoms with Gasteiger partial charge in [-0.15, -0.1) is 0 Å². The lowest BCUT2D eigenvalue weighted by atomic mass is 10.00. The third-order valence-electron chi connectivity index (χ3n) is 5.39. The number of urea groups is 1. The Hall–Kier alpha value is -2.37. The molecule has 2 aliphatic heterocycles. The molecule has 27 heavy (non-hydrogen) atoms. The third-order valence-corrected chi connectivity index (χ3v) is 5.64. The molecule has 140 valence electrons. The van der Waals surface area contributed by atoms with Crippen LogP contribution in [0.25, 0.3) is 0 Å². The van der Waals surface area contributed by atoms with Crippen molar-refractivity contribution in [2.75, 3.05) is 25.0 Å². The molecular weight excluding hydrogens is 362 g/mol. The summed E-state index contributed by atoms with van der Waals surface area (Å²) in [5.41, 5.74) is 2.75. The summed E-state index contributed by atoms with van der Waals surface area (Å²) in [7, 11) is 0. The third kappa shape index (κ3) is 3.99. The van der Waals surface area contributed by atoms with E-state index in [1.807, 2.05) is 23.1 Å². The Balaban J connectivity index is 1.33. The summed E-state index contributed by atoms with van der Waals surface area (Å²) in [6, 6.07) is 15.1. The van der Waals surface area contributed by atoms with Crippen molar-refractivity contribution in [3.05, 3.63) is 64.7 Å². The zero-order chi connectivity index (χ0) is 18.8. The molecule has 5 nitrogen and oxygen atoms in total. The van der Waals surface area contributed by atoms with Gasteiger partial charge < -0.3 is 10.2 Å². The number of para-hydroxylation sites is 1. The highest BCUT2D eigenvalue weighted by molar-refractivity contribution is 6.30. The second kappa shape index (κ2) is 7.71. The minimum atomic E-state index is -0.0237. The van der Waals surface area contributed by atoms with Gasteiger partial charge in [-0.3, -0.25) is 9.69 Å². The minimum Gasteiger partial charge on any atom is -0.317 e. The van der Waals surface area contributed by atoms with E-state index in [0.29, 0.717) is 23.7 Å². The first kappa shape index (κ1) is 18.0. The number of rotatable bonds is 4. The van der Waals surface area contributed by atoms with Gasteiger partial charge in [-0.1, -0.05) is 29.8 Å². The summed E-state index contributed by atoms with van der Waals surface area (Å²) in [5.74, 6) is 0.106. The first-order valence-corrected chi connectivity index (χ1v) is 9.64. The number of ketones is 1. The van der Waals surface area contributed by atoms with Gasteiger partial charge in [-0.05, 0) is 48.7 Å². The summed E-state index contributed by atoms with van der Waals surface area (Å²) < 4.78 is 0. The van der Waals surface area contributed by atoms with Gasteiger partial charge in [0.1, 0.15) is 0 Å². The van der Waals surface area contributed by atoms with E-state index in [0.717, 1.165) is 37.2 Å². The predicted octanol–water partition coefficient (Wildman–Crippen LogP) is 4.03. The van der Waals surface area contributed by atoms with Crippen LogP contribution in [0.3, 0.4) is 0 Å². The van der Waals surface area contributed by atoms with Gasteiger partial charge in [-0.25, -0.2) is 4.79 Å². The number of Topliss-reactive ketones (excluding diaryl/α,β-unsaturated/α-hetero) is 1. The maximum Gasteiger partial charge on any atom is 0.322 e. The van der Waals surface area contributed by atoms with Crippen molar-refractivity contribution in [3.63, 3.8) is 0 Å². The summed E-state index contributed by atoms with van der Waals surface area (Å²) in [5, 5.41) is 3.62. The smallest absolute Gasteiger partial charge is 0.317 e. The average Bonchev–Trinajstić information content (AvgIpc) is 2.68. The van der Waals surface area contributed by atoms with Crippen LogP contribution in [0.2, 0.25) is 5.02 Å². The van der Waals surface area contributed by atoms with Crippen LogP contribution in [0.1, 0.15) is 28.8 Å². The van der Waals surface area contributed by atoms with E-state index in [4.69, 9.17) is 11.6 Å². The number of likely N-dealkylation sites (tertiary alicyclic amines) is 1. The molecule has 0 spiro atoms. The number of nitrogens with one attached hydrogen (secondary N) is 1. The highest BCUT2D eigenvalue weighted by Gasteiger charge is 2.31. The van der Waals surface area contributed by atoms with E-state index in [9.17, 15) is 9.59 Å². The van der Waals surface area contributed by atoms with Crippen molar-refractivity contribution in [3.8, 4) is 0 Å². The standard InChI is InChI=1S/C21H22ClN3O2/c22-17-7-5-15(6-8-17)20(26)14-24-11-9-18(10-12-24)25-13-16-3-1-2-4-19(16)23-21(25)27/h1-8,18H,9-14H2,(H,23,27). The fourth-order valence-electron chi connectivity index (χ4n) is 3.84. The Labute approximate surface area is 163 Å². The van der Waals surface area contributed by atoms with Crippen LogP contribution in [0, 0.1) is 0 Å². The number of fused-ring (bicyclic) bond motifs is 1. The number of piperidine rings is 1. The van der Waals surface area contributed by atoms with Crippen LogP contribution in [-0.4, -0.2) is 47.3 Å². The average molecular weight is 384 g/mol. The molecule has 2 aromatic carbocycles. The summed E-state index contributed by atoms with van der Waals surface area (Å²) in [6.07, 6.45) is 1.76. The molecule has 6 heteroatoms. The monoisotopic (exact) mass is 383 g/mol. The quantitative estimate of drug-likeness (QED) is 0.811. The van der Waals surface area contributed by atoms with Gasteiger partial charge in [-0.2, -0.15) is 0 Å². The highest BCUT2D eigenvalue weighted by atomic mass is 35.5. The zero-order valence-corrected chi connectivity index (χ0v) is 15.8. The van der Waals surface area contributed by atoms with Crippen molar-refractivity contribution >= 4 is 29.1 Å². The van der Waals surface area contributed by atoms with Crippen LogP contribution in [-0.2, 0) is 6.54 Å². The number of nitrogens with zero attached hydrogens (tertiary/aromatic N) is 2. The molecular formula is C21H22ClN3O2. The number of benzene rings is 2. The maximum atomic E-state index is 12.5. The van der Waals surface area contributed by atoms with Crippen molar-refractivity contribution in [2.45, 2.75) is 25.4 Å². The molecule has 0 radical (unpaired) electrons. The number of carbonyl (C=O) groups is 2. The van der Waals surface area contributed by atoms with E-state index in [1.165, 1.54) is 0 Å². The number of hydrogen-bond donors (Lipinski definition) is 1. The van der Waals surface area contributed by atoms with Gasteiger partial charge in [0.2, 0.25) is 0 Å². The number of amides is 2. The lowest BCUT2D eigenvalue weighted by Crippen LogP contribution is -2.50. The molecule has 0 bridgehead atoms. The number of halogens is 1. The second-order valence-corrected chi connectivity index (χ2v) is 7.59. The molecule has 2 aromatic rings. The largest absolute Gasteiger partial charge is 0.322 e. The van der Waals surface area contributed by atoms with E-state index in [2.05, 4.69) is 16.3 Å². The van der Waals surface area contributed by atoms with Gasteiger partial charge in [0.15, 0.2) is 5.78 Å². The number of hydrogen-bond acceptors (Lipinski definition) is 3. The van der Waals surface area contributed by atoms with E-state index in [1.54, 1.807) is 24.3 Å². The van der Waals surface area contributed by atoms with Crippen LogP contribution in [0.5, 0.6) is 0 Å². The number of anilines is 1. The van der Waals surface area contributed by atoms with Gasteiger partial charge in [0, 0.05) is 41.9 Å². The predicted molar refractivity (Wildman–Crippen MR) is 106 cm³/mol. The van der Waals surface area contributed by atoms with Gasteiger partial charge >= 0.3 is 6.03 Å².